The summed E-state index contributed by atoms with van der Waals surface area (Å²) >= 11 is 1.09. The van der Waals surface area contributed by atoms with Crippen molar-refractivity contribution in [2.75, 3.05) is 18.5 Å². The van der Waals surface area contributed by atoms with E-state index in [4.69, 9.17) is 9.47 Å². The maximum absolute atomic E-state index is 12.8. The van der Waals surface area contributed by atoms with Gasteiger partial charge in [-0.2, -0.15) is 0 Å². The zero-order chi connectivity index (χ0) is 18.8. The molecular formula is C19H25NO5S. The third-order valence-electron chi connectivity index (χ3n) is 5.40. The van der Waals surface area contributed by atoms with Crippen molar-refractivity contribution in [3.8, 4) is 0 Å². The summed E-state index contributed by atoms with van der Waals surface area (Å²) in [5.74, 6) is 0.0229. The molecule has 2 saturated carbocycles. The average Bonchev–Trinajstić information content (AvgIpc) is 3.29. The van der Waals surface area contributed by atoms with E-state index < -0.39 is 11.9 Å². The van der Waals surface area contributed by atoms with E-state index in [1.165, 1.54) is 6.42 Å². The molecule has 3 atom stereocenters. The number of thiophene rings is 1. The topological polar surface area (TPSA) is 81.7 Å². The lowest BCUT2D eigenvalue weighted by molar-refractivity contribution is -0.121. The van der Waals surface area contributed by atoms with Gasteiger partial charge in [0, 0.05) is 5.92 Å². The van der Waals surface area contributed by atoms with E-state index in [9.17, 15) is 14.4 Å². The molecule has 3 rings (SSSR count). The van der Waals surface area contributed by atoms with Crippen LogP contribution in [0.4, 0.5) is 5.00 Å². The number of fused-ring (bicyclic) bond motifs is 2. The fourth-order valence-electron chi connectivity index (χ4n) is 4.21. The molecule has 2 aliphatic rings. The molecule has 1 aromatic rings. The van der Waals surface area contributed by atoms with Crippen LogP contribution in [-0.4, -0.2) is 31.1 Å². The molecule has 0 radical (unpaired) electrons. The molecule has 1 aromatic heterocycles. The quantitative estimate of drug-likeness (QED) is 0.761. The van der Waals surface area contributed by atoms with E-state index in [1.54, 1.807) is 20.8 Å². The molecule has 0 aliphatic heterocycles. The molecule has 1 N–H and O–H groups in total. The van der Waals surface area contributed by atoms with Crippen molar-refractivity contribution >= 4 is 34.2 Å². The van der Waals surface area contributed by atoms with Crippen LogP contribution in [0, 0.1) is 24.7 Å². The van der Waals surface area contributed by atoms with Gasteiger partial charge in [0.15, 0.2) is 0 Å². The summed E-state index contributed by atoms with van der Waals surface area (Å²) in [6, 6.07) is 0. The number of anilines is 1. The Kier molecular flexibility index (Phi) is 5.65. The maximum atomic E-state index is 12.8. The van der Waals surface area contributed by atoms with Gasteiger partial charge in [-0.3, -0.25) is 4.79 Å². The zero-order valence-electron chi connectivity index (χ0n) is 15.4. The monoisotopic (exact) mass is 379 g/mol. The number of hydrogen-bond donors (Lipinski definition) is 1. The molecule has 0 saturated heterocycles. The Hall–Kier alpha value is -1.89. The highest BCUT2D eigenvalue weighted by Crippen LogP contribution is 2.49. The van der Waals surface area contributed by atoms with Gasteiger partial charge < -0.3 is 14.8 Å². The molecule has 6 nitrogen and oxygen atoms in total. The third kappa shape index (κ3) is 3.49. The minimum Gasteiger partial charge on any atom is -0.462 e. The normalized spacial score (nSPS) is 23.7. The van der Waals surface area contributed by atoms with Gasteiger partial charge in [0.05, 0.1) is 18.8 Å². The third-order valence-corrected chi connectivity index (χ3v) is 6.59. The summed E-state index contributed by atoms with van der Waals surface area (Å²) in [6.07, 6.45) is 4.36. The number of carbonyl (C=O) groups excluding carboxylic acids is 3. The molecule has 0 spiro atoms. The molecule has 142 valence electrons. The maximum Gasteiger partial charge on any atom is 0.348 e. The number of hydrogen-bond acceptors (Lipinski definition) is 6. The Bertz CT molecular complexity index is 726. The van der Waals surface area contributed by atoms with Crippen molar-refractivity contribution in [3.63, 3.8) is 0 Å². The molecule has 2 bridgehead atoms. The van der Waals surface area contributed by atoms with Gasteiger partial charge in [0.2, 0.25) is 5.91 Å². The summed E-state index contributed by atoms with van der Waals surface area (Å²) in [5, 5.41) is 3.29. The molecule has 2 fully saturated rings. The Morgan fingerprint density at radius 2 is 1.77 bits per heavy atom. The number of rotatable bonds is 6. The molecule has 1 heterocycles. The van der Waals surface area contributed by atoms with Crippen molar-refractivity contribution < 1.29 is 23.9 Å². The van der Waals surface area contributed by atoms with E-state index in [1.807, 2.05) is 0 Å². The Balaban J connectivity index is 1.86. The van der Waals surface area contributed by atoms with Crippen LogP contribution in [-0.2, 0) is 14.3 Å². The Morgan fingerprint density at radius 1 is 1.08 bits per heavy atom. The fourth-order valence-corrected chi connectivity index (χ4v) is 5.30. The van der Waals surface area contributed by atoms with Crippen LogP contribution in [0.5, 0.6) is 0 Å². The van der Waals surface area contributed by atoms with Crippen molar-refractivity contribution in [3.05, 3.63) is 16.0 Å². The van der Waals surface area contributed by atoms with Crippen molar-refractivity contribution in [2.45, 2.75) is 46.5 Å². The summed E-state index contributed by atoms with van der Waals surface area (Å²) < 4.78 is 10.2. The van der Waals surface area contributed by atoms with Gasteiger partial charge in [0.1, 0.15) is 9.88 Å². The highest BCUT2D eigenvalue weighted by atomic mass is 32.1. The average molecular weight is 379 g/mol. The largest absolute Gasteiger partial charge is 0.462 e. The molecule has 2 aliphatic carbocycles. The Morgan fingerprint density at radius 3 is 2.35 bits per heavy atom. The van der Waals surface area contributed by atoms with Crippen LogP contribution in [0.3, 0.4) is 0 Å². The number of nitrogens with one attached hydrogen (secondary N) is 1. The molecular weight excluding hydrogens is 354 g/mol. The van der Waals surface area contributed by atoms with E-state index >= 15 is 0 Å². The molecule has 0 aromatic carbocycles. The summed E-state index contributed by atoms with van der Waals surface area (Å²) in [5.41, 5.74) is 0.756. The lowest BCUT2D eigenvalue weighted by Gasteiger charge is -2.20. The summed E-state index contributed by atoms with van der Waals surface area (Å²) in [6.45, 7) is 5.60. The highest BCUT2D eigenvalue weighted by molar-refractivity contribution is 7.18. The van der Waals surface area contributed by atoms with Crippen LogP contribution >= 0.6 is 11.3 Å². The first kappa shape index (κ1) is 18.9. The number of carbonyl (C=O) groups is 3. The summed E-state index contributed by atoms with van der Waals surface area (Å²) in [7, 11) is 0. The predicted octanol–water partition coefficient (Wildman–Crippen LogP) is 3.78. The number of esters is 2. The fraction of sp³-hybridized carbons (Fsp3) is 0.632. The number of ether oxygens (including phenoxy) is 2. The molecule has 26 heavy (non-hydrogen) atoms. The second-order valence-electron chi connectivity index (χ2n) is 6.97. The van der Waals surface area contributed by atoms with Gasteiger partial charge in [-0.25, -0.2) is 9.59 Å². The molecule has 7 heteroatoms. The highest BCUT2D eigenvalue weighted by Gasteiger charge is 2.43. The minimum atomic E-state index is -0.528. The van der Waals surface area contributed by atoms with Crippen molar-refractivity contribution in [2.24, 2.45) is 17.8 Å². The van der Waals surface area contributed by atoms with Crippen LogP contribution in [0.25, 0.3) is 0 Å². The van der Waals surface area contributed by atoms with Crippen LogP contribution in [0.2, 0.25) is 0 Å². The lowest BCUT2D eigenvalue weighted by Crippen LogP contribution is -2.27. The second-order valence-corrected chi connectivity index (χ2v) is 7.99. The van der Waals surface area contributed by atoms with Crippen LogP contribution < -0.4 is 5.32 Å². The van der Waals surface area contributed by atoms with Crippen molar-refractivity contribution in [1.82, 2.24) is 0 Å². The van der Waals surface area contributed by atoms with Gasteiger partial charge in [-0.1, -0.05) is 6.42 Å². The standard InChI is InChI=1S/C19H25NO5S/c1-4-24-18(22)14-10(3)15(19(23)25-5-2)26-17(14)20-16(21)13-9-11-6-7-12(13)8-11/h11-13H,4-9H2,1-3H3,(H,20,21)/t11-,12+,13+/m1/s1. The van der Waals surface area contributed by atoms with Gasteiger partial charge in [-0.15, -0.1) is 11.3 Å². The zero-order valence-corrected chi connectivity index (χ0v) is 16.2. The van der Waals surface area contributed by atoms with Crippen LogP contribution in [0.15, 0.2) is 0 Å². The van der Waals surface area contributed by atoms with Crippen LogP contribution in [0.1, 0.15) is 65.1 Å². The summed E-state index contributed by atoms with van der Waals surface area (Å²) in [4.78, 5) is 37.7. The van der Waals surface area contributed by atoms with Crippen molar-refractivity contribution in [1.29, 1.82) is 0 Å². The van der Waals surface area contributed by atoms with E-state index in [2.05, 4.69) is 5.32 Å². The SMILES string of the molecule is CCOC(=O)c1sc(NC(=O)[C@H]2C[C@@H]3CC[C@H]2C3)c(C(=O)OCC)c1C. The smallest absolute Gasteiger partial charge is 0.348 e. The molecule has 1 amide bonds. The van der Waals surface area contributed by atoms with Gasteiger partial charge >= 0.3 is 11.9 Å². The predicted molar refractivity (Wildman–Crippen MR) is 98.5 cm³/mol. The molecule has 0 unspecified atom stereocenters. The first-order valence-corrected chi connectivity index (χ1v) is 10.1. The minimum absolute atomic E-state index is 0.00255. The van der Waals surface area contributed by atoms with Gasteiger partial charge in [-0.05, 0) is 57.4 Å². The first-order chi connectivity index (χ1) is 12.5. The van der Waals surface area contributed by atoms with E-state index in [-0.39, 0.29) is 30.6 Å². The van der Waals surface area contributed by atoms with E-state index in [0.717, 1.165) is 30.6 Å². The van der Waals surface area contributed by atoms with E-state index in [0.29, 0.717) is 27.3 Å². The Labute approximate surface area is 157 Å². The van der Waals surface area contributed by atoms with Gasteiger partial charge in [0.25, 0.3) is 0 Å². The number of amides is 1. The first-order valence-electron chi connectivity index (χ1n) is 9.24. The second kappa shape index (κ2) is 7.78. The lowest BCUT2D eigenvalue weighted by atomic mass is 9.88.